The number of amides is 2. The molecule has 0 N–H and O–H groups in total. The van der Waals surface area contributed by atoms with Crippen LogP contribution in [-0.2, 0) is 4.79 Å². The van der Waals surface area contributed by atoms with Gasteiger partial charge in [-0.05, 0) is 24.3 Å². The van der Waals surface area contributed by atoms with Crippen molar-refractivity contribution in [2.45, 2.75) is 25.7 Å². The minimum absolute atomic E-state index is 0.0250. The Morgan fingerprint density at radius 1 is 1.05 bits per heavy atom. The zero-order valence-corrected chi connectivity index (χ0v) is 12.4. The largest absolute Gasteiger partial charge is 0.342 e. The summed E-state index contributed by atoms with van der Waals surface area (Å²) in [6.45, 7) is 2.97. The van der Waals surface area contributed by atoms with Crippen molar-refractivity contribution < 1.29 is 9.59 Å². The van der Waals surface area contributed by atoms with E-state index in [1.165, 1.54) is 24.2 Å². The van der Waals surface area contributed by atoms with Crippen LogP contribution in [0.2, 0.25) is 0 Å². The van der Waals surface area contributed by atoms with E-state index >= 15 is 0 Å². The summed E-state index contributed by atoms with van der Waals surface area (Å²) in [5.41, 5.74) is 0. The van der Waals surface area contributed by atoms with Crippen molar-refractivity contribution in [1.82, 2.24) is 9.80 Å². The fourth-order valence-corrected chi connectivity index (χ4v) is 3.60. The van der Waals surface area contributed by atoms with Gasteiger partial charge in [0.25, 0.3) is 5.91 Å². The van der Waals surface area contributed by atoms with Crippen LogP contribution in [0.1, 0.15) is 35.4 Å². The van der Waals surface area contributed by atoms with Crippen LogP contribution in [0.5, 0.6) is 0 Å². The van der Waals surface area contributed by atoms with Crippen molar-refractivity contribution in [3.05, 3.63) is 22.4 Å². The quantitative estimate of drug-likeness (QED) is 0.838. The van der Waals surface area contributed by atoms with Crippen LogP contribution in [0, 0.1) is 5.92 Å². The molecule has 2 saturated heterocycles. The number of thiophene rings is 1. The fourth-order valence-electron chi connectivity index (χ4n) is 2.91. The van der Waals surface area contributed by atoms with E-state index in [9.17, 15) is 9.59 Å². The molecule has 2 fully saturated rings. The molecule has 3 heterocycles. The summed E-state index contributed by atoms with van der Waals surface area (Å²) in [4.78, 5) is 29.0. The van der Waals surface area contributed by atoms with Crippen LogP contribution in [0.3, 0.4) is 0 Å². The first kappa shape index (κ1) is 13.6. The lowest BCUT2D eigenvalue weighted by molar-refractivity contribution is -0.139. The van der Waals surface area contributed by atoms with E-state index in [1.54, 1.807) is 4.90 Å². The van der Waals surface area contributed by atoms with Crippen molar-refractivity contribution in [3.63, 3.8) is 0 Å². The second-order valence-corrected chi connectivity index (χ2v) is 6.57. The lowest BCUT2D eigenvalue weighted by Crippen LogP contribution is -2.56. The maximum Gasteiger partial charge on any atom is 0.263 e. The third-order valence-electron chi connectivity index (χ3n) is 4.17. The first-order chi connectivity index (χ1) is 9.75. The number of hydrogen-bond donors (Lipinski definition) is 0. The average molecular weight is 292 g/mol. The standard InChI is InChI=1S/C15H20N2O2S/c18-14(16-7-3-1-2-4-8-16)12-10-17(11-12)15(19)13-6-5-9-20-13/h5-6,9,12H,1-4,7-8,10-11H2. The number of carbonyl (C=O) groups excluding carboxylic acids is 2. The number of nitrogens with zero attached hydrogens (tertiary/aromatic N) is 2. The van der Waals surface area contributed by atoms with Crippen molar-refractivity contribution >= 4 is 23.2 Å². The highest BCUT2D eigenvalue weighted by molar-refractivity contribution is 7.12. The van der Waals surface area contributed by atoms with E-state index in [2.05, 4.69) is 0 Å². The van der Waals surface area contributed by atoms with E-state index in [1.807, 2.05) is 22.4 Å². The van der Waals surface area contributed by atoms with Crippen LogP contribution in [-0.4, -0.2) is 47.8 Å². The van der Waals surface area contributed by atoms with Crippen molar-refractivity contribution in [3.8, 4) is 0 Å². The first-order valence-corrected chi connectivity index (χ1v) is 8.25. The van der Waals surface area contributed by atoms with E-state index in [0.29, 0.717) is 13.1 Å². The van der Waals surface area contributed by atoms with Crippen molar-refractivity contribution in [2.75, 3.05) is 26.2 Å². The molecule has 108 valence electrons. The Bertz CT molecular complexity index is 472. The molecule has 0 unspecified atom stereocenters. The normalized spacial score (nSPS) is 20.4. The lowest BCUT2D eigenvalue weighted by atomic mass is 9.98. The van der Waals surface area contributed by atoms with E-state index < -0.39 is 0 Å². The molecule has 1 aromatic heterocycles. The Hall–Kier alpha value is -1.36. The highest BCUT2D eigenvalue weighted by Gasteiger charge is 2.38. The van der Waals surface area contributed by atoms with Gasteiger partial charge >= 0.3 is 0 Å². The molecule has 4 nitrogen and oxygen atoms in total. The Balaban J connectivity index is 1.52. The van der Waals surface area contributed by atoms with Crippen molar-refractivity contribution in [2.24, 2.45) is 5.92 Å². The summed E-state index contributed by atoms with van der Waals surface area (Å²) in [5, 5.41) is 1.91. The molecule has 0 saturated carbocycles. The van der Waals surface area contributed by atoms with Gasteiger partial charge in [0.2, 0.25) is 5.91 Å². The molecule has 0 atom stereocenters. The number of rotatable bonds is 2. The topological polar surface area (TPSA) is 40.6 Å². The zero-order chi connectivity index (χ0) is 13.9. The third kappa shape index (κ3) is 2.73. The SMILES string of the molecule is O=C(c1cccs1)N1CC(C(=O)N2CCCCCC2)C1. The molecule has 2 amide bonds. The van der Waals surface area contributed by atoms with Crippen LogP contribution in [0.15, 0.2) is 17.5 Å². The molecule has 2 aliphatic rings. The summed E-state index contributed by atoms with van der Waals surface area (Å²) < 4.78 is 0. The fraction of sp³-hybridized carbons (Fsp3) is 0.600. The van der Waals surface area contributed by atoms with Gasteiger partial charge in [0.1, 0.15) is 0 Å². The summed E-state index contributed by atoms with van der Waals surface area (Å²) >= 11 is 1.46. The second kappa shape index (κ2) is 5.95. The number of likely N-dealkylation sites (tertiary alicyclic amines) is 2. The molecule has 1 aromatic rings. The average Bonchev–Trinajstić information content (AvgIpc) is 2.79. The van der Waals surface area contributed by atoms with E-state index in [4.69, 9.17) is 0 Å². The van der Waals surface area contributed by atoms with Crippen molar-refractivity contribution in [1.29, 1.82) is 0 Å². The number of carbonyl (C=O) groups is 2. The molecule has 20 heavy (non-hydrogen) atoms. The molecule has 5 heteroatoms. The van der Waals surface area contributed by atoms with Gasteiger partial charge in [-0.3, -0.25) is 9.59 Å². The minimum Gasteiger partial charge on any atom is -0.342 e. The Morgan fingerprint density at radius 3 is 2.35 bits per heavy atom. The molecule has 0 radical (unpaired) electrons. The molecular weight excluding hydrogens is 272 g/mol. The van der Waals surface area contributed by atoms with Crippen LogP contribution < -0.4 is 0 Å². The lowest BCUT2D eigenvalue weighted by Gasteiger charge is -2.40. The molecule has 2 aliphatic heterocycles. The molecular formula is C15H20N2O2S. The molecule has 0 aromatic carbocycles. The highest BCUT2D eigenvalue weighted by atomic mass is 32.1. The van der Waals surface area contributed by atoms with Crippen LogP contribution in [0.4, 0.5) is 0 Å². The molecule has 0 spiro atoms. The summed E-state index contributed by atoms with van der Waals surface area (Å²) in [6, 6.07) is 3.73. The first-order valence-electron chi connectivity index (χ1n) is 7.37. The van der Waals surface area contributed by atoms with Gasteiger partial charge in [0, 0.05) is 26.2 Å². The van der Waals surface area contributed by atoms with Gasteiger partial charge in [-0.2, -0.15) is 0 Å². The van der Waals surface area contributed by atoms with Crippen LogP contribution >= 0.6 is 11.3 Å². The van der Waals surface area contributed by atoms with E-state index in [0.717, 1.165) is 30.8 Å². The smallest absolute Gasteiger partial charge is 0.263 e. The van der Waals surface area contributed by atoms with Gasteiger partial charge in [-0.25, -0.2) is 0 Å². The third-order valence-corrected chi connectivity index (χ3v) is 5.03. The van der Waals surface area contributed by atoms with Gasteiger partial charge in [0.15, 0.2) is 0 Å². The maximum absolute atomic E-state index is 12.4. The number of hydrogen-bond acceptors (Lipinski definition) is 3. The predicted octanol–water partition coefficient (Wildman–Crippen LogP) is 2.22. The molecule has 0 bridgehead atoms. The van der Waals surface area contributed by atoms with Gasteiger partial charge in [-0.1, -0.05) is 18.9 Å². The maximum atomic E-state index is 12.4. The van der Waals surface area contributed by atoms with Gasteiger partial charge < -0.3 is 9.80 Å². The predicted molar refractivity (Wildman–Crippen MR) is 78.8 cm³/mol. The minimum atomic E-state index is 0.0250. The van der Waals surface area contributed by atoms with Crippen LogP contribution in [0.25, 0.3) is 0 Å². The molecule has 3 rings (SSSR count). The summed E-state index contributed by atoms with van der Waals surface area (Å²) in [6.07, 6.45) is 4.71. The second-order valence-electron chi connectivity index (χ2n) is 5.62. The van der Waals surface area contributed by atoms with Gasteiger partial charge in [0.05, 0.1) is 10.8 Å². The zero-order valence-electron chi connectivity index (χ0n) is 11.6. The van der Waals surface area contributed by atoms with E-state index in [-0.39, 0.29) is 17.7 Å². The Kier molecular flexibility index (Phi) is 4.05. The Labute approximate surface area is 123 Å². The monoisotopic (exact) mass is 292 g/mol. The molecule has 0 aliphatic carbocycles. The summed E-state index contributed by atoms with van der Waals surface area (Å²) in [7, 11) is 0. The highest BCUT2D eigenvalue weighted by Crippen LogP contribution is 2.23. The summed E-state index contributed by atoms with van der Waals surface area (Å²) in [5.74, 6) is 0.346. The Morgan fingerprint density at radius 2 is 1.75 bits per heavy atom. The van der Waals surface area contributed by atoms with Gasteiger partial charge in [-0.15, -0.1) is 11.3 Å².